The van der Waals surface area contributed by atoms with Gasteiger partial charge in [0.05, 0.1) is 0 Å². The first-order chi connectivity index (χ1) is 12.4. The molecule has 0 atom stereocenters. The fraction of sp³-hybridized carbons (Fsp3) is 0. The zero-order valence-corrected chi connectivity index (χ0v) is 15.3. The highest BCUT2D eigenvalue weighted by atomic mass is 35.5. The molecule has 0 aliphatic heterocycles. The zero-order valence-electron chi connectivity index (χ0n) is 12.9. The van der Waals surface area contributed by atoms with Gasteiger partial charge in [0.15, 0.2) is 5.82 Å². The molecule has 1 aromatic heterocycles. The van der Waals surface area contributed by atoms with Crippen molar-refractivity contribution < 1.29 is 15.0 Å². The minimum atomic E-state index is -1.20. The van der Waals surface area contributed by atoms with Gasteiger partial charge < -0.3 is 10.2 Å². The average Bonchev–Trinajstić information content (AvgIpc) is 3.06. The summed E-state index contributed by atoms with van der Waals surface area (Å²) < 4.78 is 0. The highest BCUT2D eigenvalue weighted by molar-refractivity contribution is 8.04. The van der Waals surface area contributed by atoms with Gasteiger partial charge in [-0.05, 0) is 59.8 Å². The molecule has 3 rings (SSSR count). The van der Waals surface area contributed by atoms with Crippen molar-refractivity contribution in [2.75, 3.05) is 0 Å². The molecule has 9 heteroatoms. The van der Waals surface area contributed by atoms with E-state index in [4.69, 9.17) is 23.2 Å². The third-order valence-electron chi connectivity index (χ3n) is 3.25. The Balaban J connectivity index is 1.87. The van der Waals surface area contributed by atoms with E-state index in [-0.39, 0.29) is 21.4 Å². The van der Waals surface area contributed by atoms with Crippen molar-refractivity contribution in [1.29, 1.82) is 0 Å². The van der Waals surface area contributed by atoms with E-state index in [1.165, 1.54) is 24.3 Å². The van der Waals surface area contributed by atoms with Crippen LogP contribution in [0.4, 0.5) is 0 Å². The molecule has 0 amide bonds. The molecule has 0 radical (unpaired) electrons. The molecule has 26 heavy (non-hydrogen) atoms. The highest BCUT2D eigenvalue weighted by Crippen LogP contribution is 2.30. The first kappa shape index (κ1) is 18.3. The first-order valence-electron chi connectivity index (χ1n) is 7.20. The molecular weight excluding hydrogens is 397 g/mol. The van der Waals surface area contributed by atoms with Crippen LogP contribution in [-0.4, -0.2) is 26.3 Å². The Morgan fingerprint density at radius 3 is 2.54 bits per heavy atom. The molecule has 132 valence electrons. The van der Waals surface area contributed by atoms with Gasteiger partial charge in [-0.3, -0.25) is 5.10 Å². The molecule has 0 saturated carbocycles. The van der Waals surface area contributed by atoms with E-state index in [9.17, 15) is 15.0 Å². The number of hydrogen-bond donors (Lipinski definition) is 2. The second kappa shape index (κ2) is 7.82. The van der Waals surface area contributed by atoms with Gasteiger partial charge in [0.1, 0.15) is 4.91 Å². The Morgan fingerprint density at radius 2 is 1.85 bits per heavy atom. The van der Waals surface area contributed by atoms with Crippen molar-refractivity contribution in [2.24, 2.45) is 0 Å². The number of benzene rings is 2. The minimum Gasteiger partial charge on any atom is -0.872 e. The number of aliphatic carboxylic acids is 1. The molecule has 0 saturated heterocycles. The number of nitrogens with one attached hydrogen (secondary N) is 1. The van der Waals surface area contributed by atoms with Crippen LogP contribution >= 0.6 is 35.0 Å². The van der Waals surface area contributed by atoms with Crippen LogP contribution in [-0.2, 0) is 4.79 Å². The van der Waals surface area contributed by atoms with E-state index in [1.807, 2.05) is 0 Å². The smallest absolute Gasteiger partial charge is 0.342 e. The number of hydrogen-bond acceptors (Lipinski definition) is 5. The van der Waals surface area contributed by atoms with Crippen molar-refractivity contribution in [1.82, 2.24) is 15.2 Å². The van der Waals surface area contributed by atoms with E-state index in [1.54, 1.807) is 24.3 Å². The van der Waals surface area contributed by atoms with Gasteiger partial charge in [0.25, 0.3) is 0 Å². The molecule has 6 nitrogen and oxygen atoms in total. The number of thioether (sulfide) groups is 1. The maximum atomic E-state index is 11.8. The lowest BCUT2D eigenvalue weighted by Gasteiger charge is -2.10. The maximum absolute atomic E-state index is 11.8. The third-order valence-corrected chi connectivity index (χ3v) is 4.62. The lowest BCUT2D eigenvalue weighted by molar-refractivity contribution is -0.268. The molecule has 3 aromatic rings. The topological polar surface area (TPSA) is 102 Å². The average molecular weight is 407 g/mol. The summed E-state index contributed by atoms with van der Waals surface area (Å²) in [7, 11) is 0. The number of aromatic nitrogens is 3. The Hall–Kier alpha value is -2.48. The minimum absolute atomic E-state index is 0.106. The molecular formula is C17H10Cl2N3O3S-. The second-order valence-corrected chi connectivity index (χ2v) is 6.95. The Kier molecular flexibility index (Phi) is 5.51. The predicted octanol–water partition coefficient (Wildman–Crippen LogP) is 4.07. The number of rotatable bonds is 5. The molecule has 0 fully saturated rings. The summed E-state index contributed by atoms with van der Waals surface area (Å²) in [5.41, 5.74) is 0.933. The number of nitrogens with zero attached hydrogens (tertiary/aromatic N) is 2. The van der Waals surface area contributed by atoms with E-state index in [0.717, 1.165) is 17.3 Å². The second-order valence-electron chi connectivity index (χ2n) is 5.07. The van der Waals surface area contributed by atoms with Crippen molar-refractivity contribution in [3.05, 3.63) is 63.0 Å². The van der Waals surface area contributed by atoms with Gasteiger partial charge in [-0.15, -0.1) is 10.8 Å². The number of aromatic amines is 1. The standard InChI is InChI=1S/C17H11Cl2N3O3S/c18-11-3-1-9(2-4-11)15-20-17(22-21-15)26-14(16(24)25)8-10-7-12(19)5-6-13(10)23/h1-8,23H,(H,24,25)(H,20,21,22)/p-1/b14-8-. The zero-order chi connectivity index (χ0) is 18.7. The summed E-state index contributed by atoms with van der Waals surface area (Å²) in [6.07, 6.45) is 1.25. The summed E-state index contributed by atoms with van der Waals surface area (Å²) in [5, 5.41) is 29.1. The third kappa shape index (κ3) is 4.37. The first-order valence-corrected chi connectivity index (χ1v) is 8.77. The monoisotopic (exact) mass is 406 g/mol. The summed E-state index contributed by atoms with van der Waals surface area (Å²) in [6, 6.07) is 11.1. The van der Waals surface area contributed by atoms with Gasteiger partial charge in [-0.1, -0.05) is 29.3 Å². The van der Waals surface area contributed by atoms with E-state index < -0.39 is 5.97 Å². The number of H-pyrrole nitrogens is 1. The van der Waals surface area contributed by atoms with Gasteiger partial charge >= 0.3 is 5.97 Å². The van der Waals surface area contributed by atoms with Crippen LogP contribution in [0.1, 0.15) is 5.56 Å². The number of carboxylic acid groups (broad SMARTS) is 1. The molecule has 2 N–H and O–H groups in total. The summed E-state index contributed by atoms with van der Waals surface area (Å²) in [4.78, 5) is 15.7. The van der Waals surface area contributed by atoms with Gasteiger partial charge in [0, 0.05) is 15.6 Å². The van der Waals surface area contributed by atoms with Crippen LogP contribution in [0.15, 0.2) is 52.5 Å². The van der Waals surface area contributed by atoms with Gasteiger partial charge in [0.2, 0.25) is 5.16 Å². The Morgan fingerprint density at radius 1 is 1.15 bits per heavy atom. The largest absolute Gasteiger partial charge is 0.872 e. The van der Waals surface area contributed by atoms with Crippen molar-refractivity contribution in [3.63, 3.8) is 0 Å². The molecule has 0 unspecified atom stereocenters. The normalized spacial score (nSPS) is 11.5. The van der Waals surface area contributed by atoms with Crippen LogP contribution in [0.5, 0.6) is 5.75 Å². The van der Waals surface area contributed by atoms with Crippen molar-refractivity contribution >= 4 is 47.0 Å². The molecule has 0 aliphatic carbocycles. The van der Waals surface area contributed by atoms with E-state index in [0.29, 0.717) is 15.9 Å². The number of carboxylic acids is 1. The molecule has 0 bridgehead atoms. The highest BCUT2D eigenvalue weighted by Gasteiger charge is 2.14. The molecule has 2 aromatic carbocycles. The maximum Gasteiger partial charge on any atom is 0.342 e. The van der Waals surface area contributed by atoms with Crippen LogP contribution in [0.3, 0.4) is 0 Å². The lowest BCUT2D eigenvalue weighted by atomic mass is 10.2. The quantitative estimate of drug-likeness (QED) is 0.488. The number of carbonyl (C=O) groups is 1. The van der Waals surface area contributed by atoms with Crippen LogP contribution < -0.4 is 5.11 Å². The van der Waals surface area contributed by atoms with Crippen LogP contribution in [0.2, 0.25) is 10.0 Å². The molecule has 1 heterocycles. The van der Waals surface area contributed by atoms with E-state index >= 15 is 0 Å². The summed E-state index contributed by atoms with van der Waals surface area (Å²) in [5.74, 6) is -1.06. The Bertz CT molecular complexity index is 987. The summed E-state index contributed by atoms with van der Waals surface area (Å²) >= 11 is 12.5. The fourth-order valence-electron chi connectivity index (χ4n) is 2.04. The van der Waals surface area contributed by atoms with Crippen molar-refractivity contribution in [3.8, 4) is 17.1 Å². The van der Waals surface area contributed by atoms with Crippen LogP contribution in [0.25, 0.3) is 17.5 Å². The van der Waals surface area contributed by atoms with Crippen LogP contribution in [0, 0.1) is 0 Å². The fourth-order valence-corrected chi connectivity index (χ4v) is 3.04. The summed E-state index contributed by atoms with van der Waals surface area (Å²) in [6.45, 7) is 0. The van der Waals surface area contributed by atoms with Crippen molar-refractivity contribution in [2.45, 2.75) is 5.16 Å². The van der Waals surface area contributed by atoms with Gasteiger partial charge in [-0.25, -0.2) is 9.78 Å². The molecule has 0 spiro atoms. The van der Waals surface area contributed by atoms with Gasteiger partial charge in [-0.2, -0.15) is 0 Å². The predicted molar refractivity (Wildman–Crippen MR) is 99.2 cm³/mol. The Labute approximate surface area is 162 Å². The lowest BCUT2D eigenvalue weighted by Crippen LogP contribution is -1.99. The van der Waals surface area contributed by atoms with E-state index in [2.05, 4.69) is 15.2 Å². The number of halogens is 2. The molecule has 0 aliphatic rings. The SMILES string of the molecule is O=C(O)/C(=C/c1cc(Cl)ccc1[O-])Sc1n[nH]c(-c2ccc(Cl)cc2)n1.